The fraction of sp³-hybridized carbons (Fsp3) is 1.00. The zero-order valence-electron chi connectivity index (χ0n) is 12.7. The van der Waals surface area contributed by atoms with Gasteiger partial charge in [-0.25, -0.2) is 0 Å². The highest BCUT2D eigenvalue weighted by atomic mass is 16.3. The summed E-state index contributed by atoms with van der Waals surface area (Å²) >= 11 is 0. The summed E-state index contributed by atoms with van der Waals surface area (Å²) < 4.78 is 0. The molecule has 1 rings (SSSR count). The Labute approximate surface area is 113 Å². The number of hydrogen-bond acceptors (Lipinski definition) is 3. The van der Waals surface area contributed by atoms with Gasteiger partial charge in [-0.1, -0.05) is 34.1 Å². The average molecular weight is 256 g/mol. The molecule has 1 fully saturated rings. The van der Waals surface area contributed by atoms with Crippen molar-refractivity contribution >= 4 is 0 Å². The molecule has 0 spiro atoms. The monoisotopic (exact) mass is 256 g/mol. The van der Waals surface area contributed by atoms with Crippen LogP contribution < -0.4 is 5.73 Å². The van der Waals surface area contributed by atoms with Crippen LogP contribution in [0.25, 0.3) is 0 Å². The zero-order valence-corrected chi connectivity index (χ0v) is 12.7. The summed E-state index contributed by atoms with van der Waals surface area (Å²) in [5.74, 6) is 0.861. The summed E-state index contributed by atoms with van der Waals surface area (Å²) in [6.07, 6.45) is 5.11. The largest absolute Gasteiger partial charge is 0.395 e. The van der Waals surface area contributed by atoms with Crippen LogP contribution in [0.4, 0.5) is 0 Å². The van der Waals surface area contributed by atoms with E-state index in [9.17, 15) is 5.11 Å². The van der Waals surface area contributed by atoms with E-state index in [0.717, 1.165) is 19.0 Å². The lowest BCUT2D eigenvalue weighted by molar-refractivity contribution is 0.0723. The van der Waals surface area contributed by atoms with E-state index in [4.69, 9.17) is 5.73 Å². The van der Waals surface area contributed by atoms with E-state index in [1.54, 1.807) is 0 Å². The molecule has 0 bridgehead atoms. The van der Waals surface area contributed by atoms with E-state index in [2.05, 4.69) is 32.6 Å². The maximum atomic E-state index is 9.71. The number of aliphatic hydroxyl groups excluding tert-OH is 1. The van der Waals surface area contributed by atoms with Crippen LogP contribution in [-0.4, -0.2) is 41.8 Å². The van der Waals surface area contributed by atoms with Crippen molar-refractivity contribution in [2.24, 2.45) is 17.1 Å². The van der Waals surface area contributed by atoms with Crippen LogP contribution in [0, 0.1) is 11.3 Å². The first-order valence-corrected chi connectivity index (χ1v) is 7.50. The molecule has 3 atom stereocenters. The second-order valence-electron chi connectivity index (χ2n) is 6.88. The van der Waals surface area contributed by atoms with Gasteiger partial charge >= 0.3 is 0 Å². The van der Waals surface area contributed by atoms with Crippen LogP contribution in [0.1, 0.15) is 53.4 Å². The molecule has 0 aromatic heterocycles. The molecule has 0 radical (unpaired) electrons. The molecule has 1 heterocycles. The molecule has 3 nitrogen and oxygen atoms in total. The SMILES string of the molecule is CCC1CCCN(C(CO)C(N)C(C)(C)C)CC1. The first-order chi connectivity index (χ1) is 8.40. The summed E-state index contributed by atoms with van der Waals surface area (Å²) in [5, 5.41) is 9.71. The van der Waals surface area contributed by atoms with Crippen LogP contribution in [0.15, 0.2) is 0 Å². The number of likely N-dealkylation sites (tertiary alicyclic amines) is 1. The normalized spacial score (nSPS) is 26.7. The molecule has 0 aliphatic carbocycles. The lowest BCUT2D eigenvalue weighted by atomic mass is 9.82. The molecule has 1 saturated heterocycles. The third-order valence-electron chi connectivity index (χ3n) is 4.53. The molecule has 0 aromatic carbocycles. The highest BCUT2D eigenvalue weighted by molar-refractivity contribution is 4.90. The Morgan fingerprint density at radius 2 is 1.94 bits per heavy atom. The third kappa shape index (κ3) is 4.22. The molecular formula is C15H32N2O. The molecule has 0 amide bonds. The first kappa shape index (κ1) is 15.9. The van der Waals surface area contributed by atoms with Crippen molar-refractivity contribution in [3.05, 3.63) is 0 Å². The van der Waals surface area contributed by atoms with Crippen molar-refractivity contribution in [1.82, 2.24) is 4.90 Å². The molecule has 3 heteroatoms. The van der Waals surface area contributed by atoms with Gasteiger partial charge in [0.05, 0.1) is 6.61 Å². The standard InChI is InChI=1S/C15H32N2O/c1-5-12-7-6-9-17(10-8-12)13(11-18)14(16)15(2,3)4/h12-14,18H,5-11,16H2,1-4H3. The van der Waals surface area contributed by atoms with Gasteiger partial charge < -0.3 is 10.8 Å². The Hall–Kier alpha value is -0.120. The van der Waals surface area contributed by atoms with Gasteiger partial charge in [-0.05, 0) is 43.7 Å². The number of nitrogens with two attached hydrogens (primary N) is 1. The molecule has 1 aliphatic heterocycles. The van der Waals surface area contributed by atoms with Gasteiger partial charge in [-0.3, -0.25) is 4.90 Å². The lowest BCUT2D eigenvalue weighted by Gasteiger charge is -2.39. The van der Waals surface area contributed by atoms with Gasteiger partial charge in [0.1, 0.15) is 0 Å². The van der Waals surface area contributed by atoms with Crippen LogP contribution in [-0.2, 0) is 0 Å². The zero-order chi connectivity index (χ0) is 13.8. The Bertz CT molecular complexity index is 237. The maximum absolute atomic E-state index is 9.71. The summed E-state index contributed by atoms with van der Waals surface area (Å²) in [6.45, 7) is 11.1. The number of nitrogens with zero attached hydrogens (tertiary/aromatic N) is 1. The highest BCUT2D eigenvalue weighted by Crippen LogP contribution is 2.26. The van der Waals surface area contributed by atoms with Crippen LogP contribution in [0.5, 0.6) is 0 Å². The number of rotatable bonds is 4. The second kappa shape index (κ2) is 6.88. The molecule has 108 valence electrons. The number of aliphatic hydroxyl groups is 1. The van der Waals surface area contributed by atoms with Crippen molar-refractivity contribution in [1.29, 1.82) is 0 Å². The van der Waals surface area contributed by atoms with E-state index < -0.39 is 0 Å². The Morgan fingerprint density at radius 3 is 2.44 bits per heavy atom. The van der Waals surface area contributed by atoms with E-state index >= 15 is 0 Å². The van der Waals surface area contributed by atoms with Gasteiger partial charge in [0, 0.05) is 12.1 Å². The molecule has 18 heavy (non-hydrogen) atoms. The van der Waals surface area contributed by atoms with Gasteiger partial charge in [0.15, 0.2) is 0 Å². The Kier molecular flexibility index (Phi) is 6.09. The fourth-order valence-electron chi connectivity index (χ4n) is 2.96. The molecular weight excluding hydrogens is 224 g/mol. The highest BCUT2D eigenvalue weighted by Gasteiger charge is 2.33. The molecule has 3 unspecified atom stereocenters. The van der Waals surface area contributed by atoms with Crippen molar-refractivity contribution in [2.45, 2.75) is 65.5 Å². The van der Waals surface area contributed by atoms with E-state index in [1.807, 2.05) is 0 Å². The Balaban J connectivity index is 2.65. The van der Waals surface area contributed by atoms with Crippen LogP contribution in [0.2, 0.25) is 0 Å². The predicted molar refractivity (Wildman–Crippen MR) is 77.5 cm³/mol. The minimum Gasteiger partial charge on any atom is -0.395 e. The molecule has 0 saturated carbocycles. The quantitative estimate of drug-likeness (QED) is 0.811. The van der Waals surface area contributed by atoms with Crippen LogP contribution in [0.3, 0.4) is 0 Å². The van der Waals surface area contributed by atoms with Crippen molar-refractivity contribution in [2.75, 3.05) is 19.7 Å². The third-order valence-corrected chi connectivity index (χ3v) is 4.53. The summed E-state index contributed by atoms with van der Waals surface area (Å²) in [6, 6.07) is 0.140. The van der Waals surface area contributed by atoms with Crippen molar-refractivity contribution in [3.8, 4) is 0 Å². The fourth-order valence-corrected chi connectivity index (χ4v) is 2.96. The van der Waals surface area contributed by atoms with Crippen molar-refractivity contribution < 1.29 is 5.11 Å². The van der Waals surface area contributed by atoms with Gasteiger partial charge in [0.2, 0.25) is 0 Å². The van der Waals surface area contributed by atoms with E-state index in [-0.39, 0.29) is 24.1 Å². The van der Waals surface area contributed by atoms with Crippen molar-refractivity contribution in [3.63, 3.8) is 0 Å². The predicted octanol–water partition coefficient (Wildman–Crippen LogP) is 2.23. The minimum absolute atomic E-state index is 0.0284. The number of hydrogen-bond donors (Lipinski definition) is 2. The van der Waals surface area contributed by atoms with Gasteiger partial charge in [0.25, 0.3) is 0 Å². The second-order valence-corrected chi connectivity index (χ2v) is 6.88. The maximum Gasteiger partial charge on any atom is 0.0602 e. The van der Waals surface area contributed by atoms with E-state index in [1.165, 1.54) is 25.7 Å². The molecule has 3 N–H and O–H groups in total. The topological polar surface area (TPSA) is 49.5 Å². The minimum atomic E-state index is 0.0284. The Morgan fingerprint density at radius 1 is 1.28 bits per heavy atom. The van der Waals surface area contributed by atoms with Gasteiger partial charge in [-0.15, -0.1) is 0 Å². The summed E-state index contributed by atoms with van der Waals surface area (Å²) in [5.41, 5.74) is 6.40. The molecule has 0 aromatic rings. The molecule has 1 aliphatic rings. The average Bonchev–Trinajstić information content (AvgIpc) is 2.54. The van der Waals surface area contributed by atoms with Gasteiger partial charge in [-0.2, -0.15) is 0 Å². The van der Waals surface area contributed by atoms with Crippen LogP contribution >= 0.6 is 0 Å². The smallest absolute Gasteiger partial charge is 0.0602 e. The lowest BCUT2D eigenvalue weighted by Crippen LogP contribution is -2.55. The summed E-state index contributed by atoms with van der Waals surface area (Å²) in [7, 11) is 0. The first-order valence-electron chi connectivity index (χ1n) is 7.50. The van der Waals surface area contributed by atoms with E-state index in [0.29, 0.717) is 0 Å². The summed E-state index contributed by atoms with van der Waals surface area (Å²) in [4.78, 5) is 2.42.